The molecule has 4 aliphatic heterocycles. The van der Waals surface area contributed by atoms with Gasteiger partial charge in [-0.1, -0.05) is 143 Å². The molecular formula is C89H126N22O14S. The van der Waals surface area contributed by atoms with Crippen LogP contribution in [-0.2, 0) is 92.8 Å². The number of thiophene rings is 1. The van der Waals surface area contributed by atoms with E-state index in [2.05, 4.69) is 83.8 Å². The molecule has 5 aromatic rings. The normalized spacial score (nSPS) is 23.8. The van der Waals surface area contributed by atoms with Crippen molar-refractivity contribution in [1.82, 2.24) is 83.6 Å². The number of nitrogens with two attached hydrogens (primary N) is 4. The molecule has 682 valence electrons. The highest BCUT2D eigenvalue weighted by atomic mass is 32.1. The molecule has 0 spiro atoms. The van der Waals surface area contributed by atoms with Gasteiger partial charge in [0.25, 0.3) is 0 Å². The SMILES string of the molecule is CC(=O)N[C@@H](Cc1ccccc1)C(=O)NC1CCCNC(=O)[C@H](CCCN=C(N)N)NC(=O)[C@H](Cc2cnc[nH]2)NC(=O)[C@@H](CC2CCCCC2)NC(=O)[C@@H]2CCCN2C1=O.CC(=O)N[C@@H](Cc1ccccc1)C(=O)NC1CCCNC(=O)[C@H](CCCN=C(N)N)NC(=O)[C@H](Cc2csc3ccccc23)NC(=O)[C@@H](CC2CCCCC2)NC(=O)[C@@H]2CCCN2C1=O. The summed E-state index contributed by atoms with van der Waals surface area (Å²) >= 11 is 1.53. The van der Waals surface area contributed by atoms with Crippen LogP contribution < -0.4 is 86.7 Å². The predicted octanol–water partition coefficient (Wildman–Crippen LogP) is 1.62. The molecule has 6 heterocycles. The average Bonchev–Trinajstić information content (AvgIpc) is 1.63. The summed E-state index contributed by atoms with van der Waals surface area (Å²) in [7, 11) is 0. The lowest BCUT2D eigenvalue weighted by molar-refractivity contribution is -0.143. The molecule has 6 aliphatic rings. The third-order valence-corrected chi connectivity index (χ3v) is 25.0. The van der Waals surface area contributed by atoms with Crippen LogP contribution in [0.1, 0.15) is 190 Å². The summed E-state index contributed by atoms with van der Waals surface area (Å²) in [6.45, 7) is 3.66. The number of hydrogen-bond donors (Lipinski definition) is 17. The molecule has 3 aromatic carbocycles. The van der Waals surface area contributed by atoms with Crippen LogP contribution in [0.5, 0.6) is 0 Å². The minimum Gasteiger partial charge on any atom is -0.370 e. The number of imidazole rings is 1. The molecule has 14 amide bonds. The van der Waals surface area contributed by atoms with E-state index in [4.69, 9.17) is 22.9 Å². The van der Waals surface area contributed by atoms with E-state index >= 15 is 0 Å². The second kappa shape index (κ2) is 49.0. The van der Waals surface area contributed by atoms with Gasteiger partial charge in [-0.3, -0.25) is 77.1 Å². The lowest BCUT2D eigenvalue weighted by Gasteiger charge is -2.32. The number of H-pyrrole nitrogens is 1. The number of rotatable bonds is 26. The standard InChI is InChI=1S/C47H64N10O7S.C42H62N12O7/c1-29(58)52-36(25-30-13-4-2-5-14-30)42(60)54-35-19-11-22-50-41(59)34(18-10-23-51-47(48)49)53-44(62)38(27-32-28-65-40-21-9-8-17-33(32)40)55-43(61)37(26-31-15-6-3-7-16-31)56-45(63)39-20-12-24-57(39)46(35)64;1-26(55)49-32(21-27-11-4-2-5-12-27)37(57)51-31-16-9-18-46-36(56)30(15-8-19-47-42(43)44)50-39(59)34(23-29-24-45-25-48-29)52-38(58)33(22-28-13-6-3-7-14-28)53-40(60)35-17-10-20-54(35)41(31)61/h2,4-5,8-9,13-14,17,21,28,31,34-39H,3,6-7,10-12,15-16,18-20,22-27H2,1H3,(H,50,59)(H,52,58)(H,53,62)(H,54,60)(H,55,61)(H,56,63)(H4,48,49,51);2,4-5,11-12,24-25,28,30-35H,3,6-10,13-23H2,1H3,(H,45,48)(H,46,56)(H,49,55)(H,50,59)(H,51,57)(H,52,58)(H,53,60)(H4,43,44,47)/t34-,35?,36-,37+,38-,39-;30-,31?,32-,33+,34-,35-/m00/s1. The zero-order chi connectivity index (χ0) is 90.0. The van der Waals surface area contributed by atoms with E-state index in [1.165, 1.54) is 47.5 Å². The first kappa shape index (κ1) is 96.2. The van der Waals surface area contributed by atoms with Crippen molar-refractivity contribution in [2.24, 2.45) is 44.8 Å². The summed E-state index contributed by atoms with van der Waals surface area (Å²) in [6, 6.07) is 13.6. The van der Waals surface area contributed by atoms with Crippen LogP contribution in [-0.4, -0.2) is 226 Å². The number of nitrogens with one attached hydrogen (secondary N) is 13. The number of hydrogen-bond acceptors (Lipinski definition) is 18. The maximum absolute atomic E-state index is 14.6. The lowest BCUT2D eigenvalue weighted by Crippen LogP contribution is -2.60. The number of benzene rings is 3. The monoisotopic (exact) mass is 1760 g/mol. The molecule has 37 heteroatoms. The van der Waals surface area contributed by atoms with E-state index in [1.54, 1.807) is 0 Å². The molecule has 2 aromatic heterocycles. The van der Waals surface area contributed by atoms with Crippen molar-refractivity contribution in [3.05, 3.63) is 125 Å². The van der Waals surface area contributed by atoms with Gasteiger partial charge in [0.15, 0.2) is 11.9 Å². The zero-order valence-corrected chi connectivity index (χ0v) is 72.9. The van der Waals surface area contributed by atoms with Crippen LogP contribution in [0.3, 0.4) is 0 Å². The Hall–Kier alpha value is -12.1. The molecule has 11 rings (SSSR count). The molecular weight excluding hydrogens is 1630 g/mol. The van der Waals surface area contributed by atoms with E-state index in [-0.39, 0.29) is 127 Å². The van der Waals surface area contributed by atoms with E-state index in [0.29, 0.717) is 57.1 Å². The van der Waals surface area contributed by atoms with Crippen LogP contribution >= 0.6 is 11.3 Å². The van der Waals surface area contributed by atoms with Gasteiger partial charge < -0.3 is 102 Å². The topological polar surface area (TPSA) is 547 Å². The molecule has 0 radical (unpaired) electrons. The van der Waals surface area contributed by atoms with E-state index < -0.39 is 155 Å². The van der Waals surface area contributed by atoms with Gasteiger partial charge >= 0.3 is 0 Å². The number of aromatic amines is 1. The van der Waals surface area contributed by atoms with Gasteiger partial charge in [0, 0.05) is 95.4 Å². The number of aromatic nitrogens is 2. The van der Waals surface area contributed by atoms with Gasteiger partial charge in [-0.05, 0) is 135 Å². The van der Waals surface area contributed by atoms with Crippen LogP contribution in [0.4, 0.5) is 0 Å². The van der Waals surface area contributed by atoms with Crippen molar-refractivity contribution in [2.75, 3.05) is 39.3 Å². The molecule has 12 atom stereocenters. The van der Waals surface area contributed by atoms with Crippen molar-refractivity contribution in [2.45, 2.75) is 266 Å². The molecule has 4 saturated heterocycles. The van der Waals surface area contributed by atoms with Crippen molar-refractivity contribution in [3.8, 4) is 0 Å². The number of nitrogens with zero attached hydrogens (tertiary/aromatic N) is 5. The highest BCUT2D eigenvalue weighted by molar-refractivity contribution is 7.17. The summed E-state index contributed by atoms with van der Waals surface area (Å²) in [6.07, 6.45) is 17.2. The maximum atomic E-state index is 14.6. The smallest absolute Gasteiger partial charge is 0.245 e. The number of guanidine groups is 2. The first-order chi connectivity index (χ1) is 60.7. The van der Waals surface area contributed by atoms with Gasteiger partial charge in [0.1, 0.15) is 72.5 Å². The summed E-state index contributed by atoms with van der Waals surface area (Å²) in [4.78, 5) is 213. The van der Waals surface area contributed by atoms with Crippen LogP contribution in [0.25, 0.3) is 10.1 Å². The Morgan fingerprint density at radius 3 is 1.31 bits per heavy atom. The predicted molar refractivity (Wildman–Crippen MR) is 475 cm³/mol. The lowest BCUT2D eigenvalue weighted by atomic mass is 9.84. The quantitative estimate of drug-likeness (QED) is 0.0212. The molecule has 21 N–H and O–H groups in total. The molecule has 2 unspecified atom stereocenters. The van der Waals surface area contributed by atoms with E-state index in [1.807, 2.05) is 90.3 Å². The van der Waals surface area contributed by atoms with Crippen LogP contribution in [0.2, 0.25) is 0 Å². The summed E-state index contributed by atoms with van der Waals surface area (Å²) < 4.78 is 1.02. The van der Waals surface area contributed by atoms with Gasteiger partial charge in [0.05, 0.1) is 6.33 Å². The minimum absolute atomic E-state index is 0.0240. The molecule has 0 bridgehead atoms. The van der Waals surface area contributed by atoms with Crippen molar-refractivity contribution < 1.29 is 67.1 Å². The fraction of sp³-hybridized carbons (Fsp3) is 0.562. The Bertz CT molecular complexity index is 4570. The van der Waals surface area contributed by atoms with Crippen LogP contribution in [0.15, 0.2) is 113 Å². The Labute approximate surface area is 738 Å². The number of carbonyl (C=O) groups excluding carboxylic acids is 14. The van der Waals surface area contributed by atoms with Gasteiger partial charge in [-0.25, -0.2) is 4.98 Å². The summed E-state index contributed by atoms with van der Waals surface area (Å²) in [5.41, 5.74) is 25.1. The second-order valence-electron chi connectivity index (χ2n) is 33.7. The van der Waals surface area contributed by atoms with Crippen molar-refractivity contribution >= 4 is 116 Å². The van der Waals surface area contributed by atoms with Gasteiger partial charge in [-0.15, -0.1) is 11.3 Å². The molecule has 36 nitrogen and oxygen atoms in total. The maximum Gasteiger partial charge on any atom is 0.245 e. The fourth-order valence-corrected chi connectivity index (χ4v) is 18.5. The number of aliphatic imine (C=N–C) groups is 2. The highest BCUT2D eigenvalue weighted by Crippen LogP contribution is 2.32. The van der Waals surface area contributed by atoms with E-state index in [9.17, 15) is 67.1 Å². The third-order valence-electron chi connectivity index (χ3n) is 24.0. The second-order valence-corrected chi connectivity index (χ2v) is 34.7. The number of amides is 14. The first-order valence-electron chi connectivity index (χ1n) is 44.5. The Morgan fingerprint density at radius 2 is 0.881 bits per heavy atom. The minimum atomic E-state index is -1.15. The van der Waals surface area contributed by atoms with Crippen molar-refractivity contribution in [3.63, 3.8) is 0 Å². The highest BCUT2D eigenvalue weighted by Gasteiger charge is 2.44. The summed E-state index contributed by atoms with van der Waals surface area (Å²) in [5, 5.41) is 37.3. The number of carbonyl (C=O) groups is 14. The number of fused-ring (bicyclic) bond motifs is 3. The largest absolute Gasteiger partial charge is 0.370 e. The zero-order valence-electron chi connectivity index (χ0n) is 72.1. The first-order valence-corrected chi connectivity index (χ1v) is 45.4. The Balaban J connectivity index is 0.000000264. The molecule has 2 aliphatic carbocycles. The van der Waals surface area contributed by atoms with Crippen LogP contribution in [0, 0.1) is 11.8 Å². The fourth-order valence-electron chi connectivity index (χ4n) is 17.5. The Morgan fingerprint density at radius 1 is 0.468 bits per heavy atom. The molecule has 126 heavy (non-hydrogen) atoms. The van der Waals surface area contributed by atoms with Crippen molar-refractivity contribution in [1.29, 1.82) is 0 Å². The summed E-state index contributed by atoms with van der Waals surface area (Å²) in [5.74, 6) is -7.19. The van der Waals surface area contributed by atoms with Gasteiger partial charge in [0.2, 0.25) is 82.7 Å². The van der Waals surface area contributed by atoms with Gasteiger partial charge in [-0.2, -0.15) is 0 Å². The molecule has 2 saturated carbocycles. The third kappa shape index (κ3) is 29.8. The Kier molecular flexibility index (Phi) is 37.4. The molecule has 6 fully saturated rings. The average molecular weight is 1760 g/mol. The van der Waals surface area contributed by atoms with E-state index in [0.717, 1.165) is 91.0 Å².